The van der Waals surface area contributed by atoms with Crippen LogP contribution in [0.2, 0.25) is 0 Å². The number of carbonyl (C=O) groups excluding carboxylic acids is 3. The van der Waals surface area contributed by atoms with Crippen molar-refractivity contribution in [1.29, 1.82) is 0 Å². The summed E-state index contributed by atoms with van der Waals surface area (Å²) in [4.78, 5) is 34.0. The Morgan fingerprint density at radius 2 is 1.76 bits per heavy atom. The van der Waals surface area contributed by atoms with Crippen LogP contribution in [0, 0.1) is 0 Å². The summed E-state index contributed by atoms with van der Waals surface area (Å²) in [6.07, 6.45) is 0.0941. The van der Waals surface area contributed by atoms with Gasteiger partial charge in [0.25, 0.3) is 5.91 Å². The third-order valence-electron chi connectivity index (χ3n) is 2.45. The van der Waals surface area contributed by atoms with E-state index >= 15 is 0 Å². The Morgan fingerprint density at radius 1 is 1.10 bits per heavy atom. The minimum atomic E-state index is -0.509. The molecule has 21 heavy (non-hydrogen) atoms. The summed E-state index contributed by atoms with van der Waals surface area (Å²) in [5.74, 6) is -1.29. The molecule has 0 spiro atoms. The molecule has 1 rings (SSSR count). The number of ether oxygens (including phenoxy) is 1. The number of amides is 2. The van der Waals surface area contributed by atoms with Gasteiger partial charge in [0.15, 0.2) is 6.61 Å². The smallest absolute Gasteiger partial charge is 0.310 e. The molecule has 0 radical (unpaired) electrons. The Kier molecular flexibility index (Phi) is 7.45. The summed E-state index contributed by atoms with van der Waals surface area (Å²) in [6, 6.07) is 7.23. The third-order valence-corrected chi connectivity index (χ3v) is 2.97. The van der Waals surface area contributed by atoms with Gasteiger partial charge in [-0.25, -0.2) is 0 Å². The summed E-state index contributed by atoms with van der Waals surface area (Å²) < 4.78 is 5.76. The van der Waals surface area contributed by atoms with Crippen LogP contribution in [0.1, 0.15) is 12.5 Å². The summed E-state index contributed by atoms with van der Waals surface area (Å²) in [5.41, 5.74) is 0.797. The molecule has 6 nitrogen and oxygen atoms in total. The molecule has 1 aromatic rings. The van der Waals surface area contributed by atoms with E-state index in [0.29, 0.717) is 6.54 Å². The molecule has 0 atom stereocenters. The molecule has 114 valence electrons. The second-order valence-electron chi connectivity index (χ2n) is 4.19. The van der Waals surface area contributed by atoms with Crippen molar-refractivity contribution < 1.29 is 19.1 Å². The fraction of sp³-hybridized carbons (Fsp3) is 0.357. The van der Waals surface area contributed by atoms with Crippen molar-refractivity contribution in [1.82, 2.24) is 10.6 Å². The minimum Gasteiger partial charge on any atom is -0.455 e. The van der Waals surface area contributed by atoms with Crippen LogP contribution in [0.4, 0.5) is 0 Å². The topological polar surface area (TPSA) is 84.5 Å². The van der Waals surface area contributed by atoms with E-state index in [0.717, 1.165) is 10.0 Å². The number of likely N-dealkylation sites (N-methyl/N-ethyl adjacent to an activating group) is 1. The molecule has 7 heteroatoms. The van der Waals surface area contributed by atoms with E-state index in [4.69, 9.17) is 4.74 Å². The zero-order valence-electron chi connectivity index (χ0n) is 11.6. The van der Waals surface area contributed by atoms with Crippen LogP contribution >= 0.6 is 15.9 Å². The number of rotatable bonds is 7. The molecule has 0 fully saturated rings. The number of benzene rings is 1. The van der Waals surface area contributed by atoms with Gasteiger partial charge in [-0.15, -0.1) is 0 Å². The highest BCUT2D eigenvalue weighted by Crippen LogP contribution is 2.11. The van der Waals surface area contributed by atoms with Crippen LogP contribution < -0.4 is 10.6 Å². The van der Waals surface area contributed by atoms with Crippen LogP contribution in [0.5, 0.6) is 0 Å². The molecular formula is C14H17BrN2O4. The highest BCUT2D eigenvalue weighted by molar-refractivity contribution is 9.10. The lowest BCUT2D eigenvalue weighted by Crippen LogP contribution is -2.38. The third kappa shape index (κ3) is 7.45. The van der Waals surface area contributed by atoms with Crippen molar-refractivity contribution in [3.05, 3.63) is 34.3 Å². The van der Waals surface area contributed by atoms with Gasteiger partial charge in [-0.2, -0.15) is 0 Å². The number of carbonyl (C=O) groups is 3. The highest BCUT2D eigenvalue weighted by atomic mass is 79.9. The maximum atomic E-state index is 11.5. The molecule has 2 amide bonds. The zero-order valence-corrected chi connectivity index (χ0v) is 13.2. The fourth-order valence-electron chi connectivity index (χ4n) is 1.46. The predicted molar refractivity (Wildman–Crippen MR) is 80.5 cm³/mol. The molecule has 0 aliphatic rings. The van der Waals surface area contributed by atoms with E-state index in [1.54, 1.807) is 19.1 Å². The molecule has 0 heterocycles. The van der Waals surface area contributed by atoms with Gasteiger partial charge in [-0.3, -0.25) is 14.4 Å². The number of halogens is 1. The largest absolute Gasteiger partial charge is 0.455 e. The maximum absolute atomic E-state index is 11.5. The molecule has 2 N–H and O–H groups in total. The minimum absolute atomic E-state index is 0.0941. The molecule has 0 unspecified atom stereocenters. The normalized spacial score (nSPS) is 9.81. The van der Waals surface area contributed by atoms with E-state index in [1.165, 1.54) is 0 Å². The van der Waals surface area contributed by atoms with Crippen molar-refractivity contribution in [2.75, 3.05) is 19.7 Å². The standard InChI is InChI=1S/C14H17BrN2O4/c1-2-16-12(18)8-17-13(19)9-21-14(20)7-10-3-5-11(15)6-4-10/h3-6H,2,7-9H2,1H3,(H,16,18)(H,17,19). The first-order chi connectivity index (χ1) is 10.0. The lowest BCUT2D eigenvalue weighted by molar-refractivity contribution is -0.147. The first-order valence-electron chi connectivity index (χ1n) is 6.44. The molecule has 0 aromatic heterocycles. The molecule has 0 aliphatic heterocycles. The summed E-state index contributed by atoms with van der Waals surface area (Å²) in [6.45, 7) is 1.76. The lowest BCUT2D eigenvalue weighted by atomic mass is 10.2. The SMILES string of the molecule is CCNC(=O)CNC(=O)COC(=O)Cc1ccc(Br)cc1. The molecule has 0 saturated carbocycles. The van der Waals surface area contributed by atoms with E-state index < -0.39 is 18.5 Å². The van der Waals surface area contributed by atoms with Crippen molar-refractivity contribution in [2.24, 2.45) is 0 Å². The van der Waals surface area contributed by atoms with E-state index in [1.807, 2.05) is 12.1 Å². The Morgan fingerprint density at radius 3 is 2.38 bits per heavy atom. The first kappa shape index (κ1) is 17.2. The van der Waals surface area contributed by atoms with Gasteiger partial charge in [0.1, 0.15) is 0 Å². The lowest BCUT2D eigenvalue weighted by Gasteiger charge is -2.06. The summed E-state index contributed by atoms with van der Waals surface area (Å²) >= 11 is 3.30. The Balaban J connectivity index is 2.24. The second-order valence-corrected chi connectivity index (χ2v) is 5.11. The first-order valence-corrected chi connectivity index (χ1v) is 7.24. The van der Waals surface area contributed by atoms with Crippen LogP contribution in [0.25, 0.3) is 0 Å². The van der Waals surface area contributed by atoms with E-state index in [2.05, 4.69) is 26.6 Å². The number of nitrogens with one attached hydrogen (secondary N) is 2. The van der Waals surface area contributed by atoms with E-state index in [-0.39, 0.29) is 18.9 Å². The van der Waals surface area contributed by atoms with Gasteiger partial charge in [-0.05, 0) is 24.6 Å². The van der Waals surface area contributed by atoms with Gasteiger partial charge in [-0.1, -0.05) is 28.1 Å². The van der Waals surface area contributed by atoms with Gasteiger partial charge in [0.2, 0.25) is 5.91 Å². The molecule has 0 aliphatic carbocycles. The number of hydrogen-bond donors (Lipinski definition) is 2. The maximum Gasteiger partial charge on any atom is 0.310 e. The van der Waals surface area contributed by atoms with Crippen LogP contribution in [-0.4, -0.2) is 37.5 Å². The Bertz CT molecular complexity index is 502. The quantitative estimate of drug-likeness (QED) is 0.707. The average Bonchev–Trinajstić information content (AvgIpc) is 2.46. The van der Waals surface area contributed by atoms with Gasteiger partial charge < -0.3 is 15.4 Å². The number of hydrogen-bond acceptors (Lipinski definition) is 4. The van der Waals surface area contributed by atoms with Crippen molar-refractivity contribution in [2.45, 2.75) is 13.3 Å². The summed E-state index contributed by atoms with van der Waals surface area (Å²) in [5, 5.41) is 4.90. The molecule has 0 bridgehead atoms. The van der Waals surface area contributed by atoms with Gasteiger partial charge in [0, 0.05) is 11.0 Å². The Labute approximate surface area is 131 Å². The van der Waals surface area contributed by atoms with E-state index in [9.17, 15) is 14.4 Å². The fourth-order valence-corrected chi connectivity index (χ4v) is 1.72. The highest BCUT2D eigenvalue weighted by Gasteiger charge is 2.09. The van der Waals surface area contributed by atoms with Crippen LogP contribution in [-0.2, 0) is 25.5 Å². The molecule has 1 aromatic carbocycles. The second kappa shape index (κ2) is 9.12. The number of esters is 1. The van der Waals surface area contributed by atoms with Crippen molar-refractivity contribution in [3.63, 3.8) is 0 Å². The van der Waals surface area contributed by atoms with Crippen molar-refractivity contribution >= 4 is 33.7 Å². The van der Waals surface area contributed by atoms with Crippen molar-refractivity contribution in [3.8, 4) is 0 Å². The predicted octanol–water partition coefficient (Wildman–Crippen LogP) is 0.787. The van der Waals surface area contributed by atoms with Crippen LogP contribution in [0.15, 0.2) is 28.7 Å². The van der Waals surface area contributed by atoms with Gasteiger partial charge in [0.05, 0.1) is 13.0 Å². The Hall–Kier alpha value is -1.89. The molecule has 0 saturated heterocycles. The zero-order chi connectivity index (χ0) is 15.7. The van der Waals surface area contributed by atoms with Gasteiger partial charge >= 0.3 is 5.97 Å². The average molecular weight is 357 g/mol. The van der Waals surface area contributed by atoms with Crippen LogP contribution in [0.3, 0.4) is 0 Å². The summed E-state index contributed by atoms with van der Waals surface area (Å²) in [7, 11) is 0. The molecular weight excluding hydrogens is 340 g/mol. The monoisotopic (exact) mass is 356 g/mol.